The lowest BCUT2D eigenvalue weighted by Gasteiger charge is -2.20. The standard InChI is InChI=1S/C13H19Cl2NO4S/c1-4-20-6-5-16(2)21(17,18)12-8-11(15)7-10(9-14)13(12)19-3/h7-8H,4-6,9H2,1-3H3. The van der Waals surface area contributed by atoms with Crippen LogP contribution in [0.2, 0.25) is 5.02 Å². The second-order valence-electron chi connectivity index (χ2n) is 4.25. The third kappa shape index (κ3) is 4.47. The number of rotatable bonds is 8. The number of hydrogen-bond acceptors (Lipinski definition) is 4. The number of halogens is 2. The predicted molar refractivity (Wildman–Crippen MR) is 83.9 cm³/mol. The summed E-state index contributed by atoms with van der Waals surface area (Å²) in [5, 5.41) is 0.295. The first kappa shape index (κ1) is 18.5. The van der Waals surface area contributed by atoms with Crippen molar-refractivity contribution in [3.05, 3.63) is 22.7 Å². The molecule has 0 heterocycles. The summed E-state index contributed by atoms with van der Waals surface area (Å²) >= 11 is 11.8. The van der Waals surface area contributed by atoms with Gasteiger partial charge in [-0.15, -0.1) is 11.6 Å². The molecule has 1 rings (SSSR count). The molecule has 0 N–H and O–H groups in total. The Morgan fingerprint density at radius 2 is 2.00 bits per heavy atom. The number of nitrogens with zero attached hydrogens (tertiary/aromatic N) is 1. The molecule has 0 spiro atoms. The Morgan fingerprint density at radius 3 is 2.52 bits per heavy atom. The summed E-state index contributed by atoms with van der Waals surface area (Å²) in [6.07, 6.45) is 0. The van der Waals surface area contributed by atoms with Gasteiger partial charge in [-0.3, -0.25) is 0 Å². The number of methoxy groups -OCH3 is 1. The summed E-state index contributed by atoms with van der Waals surface area (Å²) in [7, 11) is -0.850. The van der Waals surface area contributed by atoms with E-state index in [0.717, 1.165) is 0 Å². The molecule has 1 aromatic rings. The van der Waals surface area contributed by atoms with Gasteiger partial charge < -0.3 is 9.47 Å². The first-order valence-electron chi connectivity index (χ1n) is 6.34. The van der Waals surface area contributed by atoms with E-state index in [2.05, 4.69) is 0 Å². The zero-order chi connectivity index (χ0) is 16.0. The smallest absolute Gasteiger partial charge is 0.246 e. The molecule has 0 saturated heterocycles. The van der Waals surface area contributed by atoms with Crippen LogP contribution in [0.25, 0.3) is 0 Å². The number of hydrogen-bond donors (Lipinski definition) is 0. The molecule has 1 aromatic carbocycles. The number of ether oxygens (including phenoxy) is 2. The third-order valence-corrected chi connectivity index (χ3v) is 5.26. The van der Waals surface area contributed by atoms with E-state index >= 15 is 0 Å². The van der Waals surface area contributed by atoms with Gasteiger partial charge in [-0.2, -0.15) is 4.31 Å². The fourth-order valence-electron chi connectivity index (χ4n) is 1.77. The Hall–Kier alpha value is -0.530. The van der Waals surface area contributed by atoms with Crippen LogP contribution in [-0.2, 0) is 20.6 Å². The zero-order valence-electron chi connectivity index (χ0n) is 12.2. The highest BCUT2D eigenvalue weighted by Crippen LogP contribution is 2.34. The van der Waals surface area contributed by atoms with E-state index in [4.69, 9.17) is 32.7 Å². The van der Waals surface area contributed by atoms with Gasteiger partial charge in [0.15, 0.2) is 0 Å². The van der Waals surface area contributed by atoms with Gasteiger partial charge in [-0.05, 0) is 19.1 Å². The molecule has 120 valence electrons. The maximum Gasteiger partial charge on any atom is 0.246 e. The van der Waals surface area contributed by atoms with E-state index in [1.165, 1.54) is 24.5 Å². The van der Waals surface area contributed by atoms with E-state index in [1.54, 1.807) is 6.07 Å². The summed E-state index contributed by atoms with van der Waals surface area (Å²) in [5.41, 5.74) is 0.531. The second kappa shape index (κ2) is 8.19. The van der Waals surface area contributed by atoms with E-state index in [0.29, 0.717) is 23.8 Å². The largest absolute Gasteiger partial charge is 0.495 e. The SMILES string of the molecule is CCOCCN(C)S(=O)(=O)c1cc(Cl)cc(CCl)c1OC. The van der Waals surface area contributed by atoms with Crippen LogP contribution in [0.15, 0.2) is 17.0 Å². The van der Waals surface area contributed by atoms with E-state index < -0.39 is 10.0 Å². The molecule has 0 amide bonds. The van der Waals surface area contributed by atoms with E-state index in [-0.39, 0.29) is 23.1 Å². The molecule has 0 aliphatic heterocycles. The van der Waals surface area contributed by atoms with Crippen molar-refractivity contribution in [2.24, 2.45) is 0 Å². The van der Waals surface area contributed by atoms with Crippen molar-refractivity contribution in [3.8, 4) is 5.75 Å². The molecule has 5 nitrogen and oxygen atoms in total. The fourth-order valence-corrected chi connectivity index (χ4v) is 3.65. The highest BCUT2D eigenvalue weighted by Gasteiger charge is 2.27. The van der Waals surface area contributed by atoms with Crippen molar-refractivity contribution in [1.29, 1.82) is 0 Å². The fraction of sp³-hybridized carbons (Fsp3) is 0.538. The summed E-state index contributed by atoms with van der Waals surface area (Å²) < 4.78 is 36.8. The normalized spacial score (nSPS) is 11.9. The van der Waals surface area contributed by atoms with Crippen molar-refractivity contribution >= 4 is 33.2 Å². The zero-order valence-corrected chi connectivity index (χ0v) is 14.6. The lowest BCUT2D eigenvalue weighted by molar-refractivity contribution is 0.138. The van der Waals surface area contributed by atoms with Crippen LogP contribution < -0.4 is 4.74 Å². The minimum atomic E-state index is -3.73. The third-order valence-electron chi connectivity index (χ3n) is 2.89. The van der Waals surface area contributed by atoms with Gasteiger partial charge in [0, 0.05) is 30.8 Å². The summed E-state index contributed by atoms with van der Waals surface area (Å²) in [6, 6.07) is 2.95. The van der Waals surface area contributed by atoms with Crippen LogP contribution in [0, 0.1) is 0 Å². The lowest BCUT2D eigenvalue weighted by Crippen LogP contribution is -2.30. The van der Waals surface area contributed by atoms with Gasteiger partial charge in [-0.25, -0.2) is 8.42 Å². The maximum absolute atomic E-state index is 12.6. The highest BCUT2D eigenvalue weighted by atomic mass is 35.5. The van der Waals surface area contributed by atoms with Gasteiger partial charge in [0.05, 0.1) is 19.6 Å². The van der Waals surface area contributed by atoms with Gasteiger partial charge >= 0.3 is 0 Å². The first-order valence-corrected chi connectivity index (χ1v) is 8.70. The number of likely N-dealkylation sites (N-methyl/N-ethyl adjacent to an activating group) is 1. The Kier molecular flexibility index (Phi) is 7.23. The monoisotopic (exact) mass is 355 g/mol. The van der Waals surface area contributed by atoms with Crippen LogP contribution >= 0.6 is 23.2 Å². The second-order valence-corrected chi connectivity index (χ2v) is 6.97. The van der Waals surface area contributed by atoms with Crippen molar-refractivity contribution in [2.45, 2.75) is 17.7 Å². The minimum Gasteiger partial charge on any atom is -0.495 e. The van der Waals surface area contributed by atoms with Gasteiger partial charge in [0.25, 0.3) is 0 Å². The molecule has 8 heteroatoms. The highest BCUT2D eigenvalue weighted by molar-refractivity contribution is 7.89. The molecular weight excluding hydrogens is 337 g/mol. The summed E-state index contributed by atoms with van der Waals surface area (Å²) in [5.74, 6) is 0.326. The molecule has 0 radical (unpaired) electrons. The minimum absolute atomic E-state index is 0.00662. The molecule has 0 atom stereocenters. The van der Waals surface area contributed by atoms with Crippen molar-refractivity contribution < 1.29 is 17.9 Å². The van der Waals surface area contributed by atoms with Gasteiger partial charge in [0.1, 0.15) is 10.6 Å². The molecule has 0 unspecified atom stereocenters. The first-order chi connectivity index (χ1) is 9.88. The Morgan fingerprint density at radius 1 is 1.33 bits per heavy atom. The van der Waals surface area contributed by atoms with Gasteiger partial charge in [-0.1, -0.05) is 11.6 Å². The molecule has 0 fully saturated rings. The molecule has 0 aromatic heterocycles. The van der Waals surface area contributed by atoms with Crippen LogP contribution in [0.3, 0.4) is 0 Å². The lowest BCUT2D eigenvalue weighted by atomic mass is 10.2. The maximum atomic E-state index is 12.6. The van der Waals surface area contributed by atoms with Crippen molar-refractivity contribution in [2.75, 3.05) is 33.9 Å². The summed E-state index contributed by atoms with van der Waals surface area (Å²) in [6.45, 7) is 2.94. The van der Waals surface area contributed by atoms with Crippen LogP contribution in [0.5, 0.6) is 5.75 Å². The number of sulfonamides is 1. The molecule has 0 aliphatic carbocycles. The summed E-state index contributed by atoms with van der Waals surface area (Å²) in [4.78, 5) is 0.00662. The Bertz CT molecular complexity index is 578. The Balaban J connectivity index is 3.21. The van der Waals surface area contributed by atoms with Crippen molar-refractivity contribution in [1.82, 2.24) is 4.31 Å². The number of benzene rings is 1. The topological polar surface area (TPSA) is 55.8 Å². The van der Waals surface area contributed by atoms with Crippen LogP contribution in [-0.4, -0.2) is 46.6 Å². The average molecular weight is 356 g/mol. The molecular formula is C13H19Cl2NO4S. The Labute approximate surface area is 135 Å². The average Bonchev–Trinajstić information content (AvgIpc) is 2.46. The van der Waals surface area contributed by atoms with E-state index in [1.807, 2.05) is 6.92 Å². The predicted octanol–water partition coefficient (Wildman–Crippen LogP) is 2.74. The quantitative estimate of drug-likeness (QED) is 0.531. The van der Waals surface area contributed by atoms with Crippen LogP contribution in [0.1, 0.15) is 12.5 Å². The molecule has 21 heavy (non-hydrogen) atoms. The van der Waals surface area contributed by atoms with Gasteiger partial charge in [0.2, 0.25) is 10.0 Å². The van der Waals surface area contributed by atoms with Crippen molar-refractivity contribution in [3.63, 3.8) is 0 Å². The van der Waals surface area contributed by atoms with Crippen LogP contribution in [0.4, 0.5) is 0 Å². The molecule has 0 bridgehead atoms. The number of alkyl halides is 1. The van der Waals surface area contributed by atoms with E-state index in [9.17, 15) is 8.42 Å². The molecule has 0 saturated carbocycles. The molecule has 0 aliphatic rings.